The maximum Gasteiger partial charge on any atom is 0.407 e. The number of nitrogens with one attached hydrogen (secondary N) is 1. The Bertz CT molecular complexity index is 1650. The molecule has 3 aromatic carbocycles. The Hall–Kier alpha value is -3.86. The number of rotatable bonds is 13. The molecule has 2 N–H and O–H groups in total. The summed E-state index contributed by atoms with van der Waals surface area (Å²) in [5, 5.41) is 13.8. The highest BCUT2D eigenvalue weighted by Gasteiger charge is 2.40. The van der Waals surface area contributed by atoms with Crippen molar-refractivity contribution in [1.29, 1.82) is 0 Å². The van der Waals surface area contributed by atoms with Gasteiger partial charge in [0.05, 0.1) is 24.4 Å². The Kier molecular flexibility index (Phi) is 11.7. The fourth-order valence-corrected chi connectivity index (χ4v) is 6.77. The average molecular weight is 677 g/mol. The molecule has 0 unspecified atom stereocenters. The summed E-state index contributed by atoms with van der Waals surface area (Å²) in [5.41, 5.74) is 1.98. The van der Waals surface area contributed by atoms with E-state index in [2.05, 4.69) is 60.0 Å². The third kappa shape index (κ3) is 9.61. The largest absolute Gasteiger partial charge is 0.465 e. The number of amides is 1. The predicted molar refractivity (Wildman–Crippen MR) is 190 cm³/mol. The van der Waals surface area contributed by atoms with Crippen LogP contribution in [0.5, 0.6) is 0 Å². The lowest BCUT2D eigenvalue weighted by Gasteiger charge is -2.41. The van der Waals surface area contributed by atoms with Crippen LogP contribution in [-0.4, -0.2) is 53.2 Å². The smallest absolute Gasteiger partial charge is 0.407 e. The van der Waals surface area contributed by atoms with Crippen molar-refractivity contribution in [2.24, 2.45) is 5.41 Å². The summed E-state index contributed by atoms with van der Waals surface area (Å²) in [6.07, 6.45) is 0.291. The van der Waals surface area contributed by atoms with Crippen LogP contribution in [0.1, 0.15) is 64.5 Å². The lowest BCUT2D eigenvalue weighted by molar-refractivity contribution is 0.0918. The molecule has 0 spiro atoms. The maximum atomic E-state index is 15.0. The molecule has 0 saturated carbocycles. The van der Waals surface area contributed by atoms with Crippen LogP contribution in [0.4, 0.5) is 13.6 Å². The van der Waals surface area contributed by atoms with Gasteiger partial charge in [-0.25, -0.2) is 18.6 Å². The SMILES string of the molecule is CC(C)(C)[C@@H](NC[C@H](CN(Cc1ccccc1)C(=O)O)O[Si](C)(C)C(C)(C)C)c1nc(-c2cc(F)ccc2F)cn1Cc1ccccc1. The first-order chi connectivity index (χ1) is 22.4. The number of halogens is 2. The van der Waals surface area contributed by atoms with E-state index in [0.717, 1.165) is 23.3 Å². The highest BCUT2D eigenvalue weighted by molar-refractivity contribution is 6.74. The lowest BCUT2D eigenvalue weighted by atomic mass is 9.86. The molecule has 1 aromatic heterocycles. The Morgan fingerprint density at radius 3 is 2.12 bits per heavy atom. The van der Waals surface area contributed by atoms with Crippen LogP contribution in [0.15, 0.2) is 85.1 Å². The highest BCUT2D eigenvalue weighted by atomic mass is 28.4. The Morgan fingerprint density at radius 1 is 0.958 bits per heavy atom. The quantitative estimate of drug-likeness (QED) is 0.138. The molecule has 48 heavy (non-hydrogen) atoms. The summed E-state index contributed by atoms with van der Waals surface area (Å²) < 4.78 is 38.2. The number of carbonyl (C=O) groups is 1. The molecule has 0 aliphatic heterocycles. The highest BCUT2D eigenvalue weighted by Crippen LogP contribution is 2.38. The molecule has 0 fully saturated rings. The molecule has 0 bridgehead atoms. The summed E-state index contributed by atoms with van der Waals surface area (Å²) in [4.78, 5) is 18.9. The van der Waals surface area contributed by atoms with Crippen molar-refractivity contribution < 1.29 is 23.1 Å². The van der Waals surface area contributed by atoms with Gasteiger partial charge in [0.25, 0.3) is 0 Å². The third-order valence-electron chi connectivity index (χ3n) is 9.06. The van der Waals surface area contributed by atoms with Crippen molar-refractivity contribution in [2.45, 2.75) is 84.9 Å². The van der Waals surface area contributed by atoms with E-state index in [1.54, 1.807) is 6.20 Å². The number of carboxylic acid groups (broad SMARTS) is 1. The van der Waals surface area contributed by atoms with E-state index in [1.165, 1.54) is 11.0 Å². The fourth-order valence-electron chi connectivity index (χ4n) is 5.42. The average Bonchev–Trinajstić information content (AvgIpc) is 3.40. The van der Waals surface area contributed by atoms with Crippen molar-refractivity contribution in [2.75, 3.05) is 13.1 Å². The topological polar surface area (TPSA) is 79.6 Å². The van der Waals surface area contributed by atoms with Gasteiger partial charge in [-0.15, -0.1) is 0 Å². The fraction of sp³-hybridized carbons (Fsp3) is 0.421. The molecule has 1 amide bonds. The first-order valence-corrected chi connectivity index (χ1v) is 19.3. The summed E-state index contributed by atoms with van der Waals surface area (Å²) in [6.45, 7) is 18.3. The van der Waals surface area contributed by atoms with Gasteiger partial charge in [-0.3, -0.25) is 0 Å². The van der Waals surface area contributed by atoms with E-state index < -0.39 is 32.1 Å². The van der Waals surface area contributed by atoms with E-state index in [1.807, 2.05) is 65.2 Å². The van der Waals surface area contributed by atoms with Crippen LogP contribution in [0.3, 0.4) is 0 Å². The Labute approximate surface area is 285 Å². The number of nitrogens with zero attached hydrogens (tertiary/aromatic N) is 3. The predicted octanol–water partition coefficient (Wildman–Crippen LogP) is 9.12. The molecular formula is C38H50F2N4O3Si. The second kappa shape index (κ2) is 15.1. The van der Waals surface area contributed by atoms with Gasteiger partial charge in [0.1, 0.15) is 17.5 Å². The normalized spacial score (nSPS) is 13.7. The number of imidazole rings is 1. The van der Waals surface area contributed by atoms with E-state index >= 15 is 4.39 Å². The van der Waals surface area contributed by atoms with Crippen LogP contribution < -0.4 is 5.32 Å². The monoisotopic (exact) mass is 676 g/mol. The standard InChI is InChI=1S/C38H50F2N4O3Si/c1-37(2,3)34(35-42-33(31-21-29(39)19-20-32(31)40)26-43(35)23-27-15-11-9-12-16-27)41-22-30(47-48(7,8)38(4,5)6)25-44(36(45)46)24-28-17-13-10-14-18-28/h9-21,26,30,34,41H,22-25H2,1-8H3,(H,45,46)/t30-,34+/m1/s1. The first-order valence-electron chi connectivity index (χ1n) is 16.4. The van der Waals surface area contributed by atoms with Gasteiger partial charge in [-0.2, -0.15) is 0 Å². The van der Waals surface area contributed by atoms with E-state index in [4.69, 9.17) is 9.41 Å². The second-order valence-corrected chi connectivity index (χ2v) is 19.8. The van der Waals surface area contributed by atoms with E-state index in [0.29, 0.717) is 24.6 Å². The zero-order valence-corrected chi connectivity index (χ0v) is 30.4. The molecule has 0 saturated heterocycles. The molecule has 2 atom stereocenters. The zero-order chi connectivity index (χ0) is 35.3. The van der Waals surface area contributed by atoms with Gasteiger partial charge in [-0.05, 0) is 52.9 Å². The van der Waals surface area contributed by atoms with Gasteiger partial charge in [0, 0.05) is 31.4 Å². The van der Waals surface area contributed by atoms with Gasteiger partial charge in [0.15, 0.2) is 8.32 Å². The molecule has 10 heteroatoms. The van der Waals surface area contributed by atoms with Crippen LogP contribution in [0.25, 0.3) is 11.3 Å². The van der Waals surface area contributed by atoms with Crippen LogP contribution in [0, 0.1) is 17.0 Å². The zero-order valence-electron chi connectivity index (χ0n) is 29.4. The van der Waals surface area contributed by atoms with Crippen LogP contribution in [-0.2, 0) is 17.5 Å². The minimum absolute atomic E-state index is 0.0906. The van der Waals surface area contributed by atoms with Gasteiger partial charge in [-0.1, -0.05) is 102 Å². The molecule has 4 aromatic rings. The number of hydrogen-bond acceptors (Lipinski definition) is 4. The number of hydrogen-bond donors (Lipinski definition) is 2. The van der Waals surface area contributed by atoms with Crippen molar-refractivity contribution in [1.82, 2.24) is 19.8 Å². The summed E-state index contributed by atoms with van der Waals surface area (Å²) in [5.74, 6) is -0.432. The maximum absolute atomic E-state index is 15.0. The Balaban J connectivity index is 1.72. The molecule has 0 aliphatic rings. The second-order valence-electron chi connectivity index (χ2n) is 15.1. The van der Waals surface area contributed by atoms with Crippen LogP contribution >= 0.6 is 0 Å². The molecule has 4 rings (SSSR count). The first kappa shape index (κ1) is 37.0. The molecule has 0 aliphatic carbocycles. The van der Waals surface area contributed by atoms with Crippen LogP contribution in [0.2, 0.25) is 18.1 Å². The summed E-state index contributed by atoms with van der Waals surface area (Å²) in [7, 11) is -2.33. The van der Waals surface area contributed by atoms with Crippen molar-refractivity contribution in [3.8, 4) is 11.3 Å². The van der Waals surface area contributed by atoms with Gasteiger partial charge in [0.2, 0.25) is 0 Å². The molecule has 258 valence electrons. The minimum Gasteiger partial charge on any atom is -0.465 e. The third-order valence-corrected chi connectivity index (χ3v) is 13.6. The number of benzene rings is 3. The van der Waals surface area contributed by atoms with E-state index in [9.17, 15) is 14.3 Å². The van der Waals surface area contributed by atoms with Gasteiger partial charge < -0.3 is 24.3 Å². The van der Waals surface area contributed by atoms with E-state index in [-0.39, 0.29) is 35.1 Å². The van der Waals surface area contributed by atoms with Crippen molar-refractivity contribution in [3.05, 3.63) is 114 Å². The minimum atomic E-state index is -2.33. The molecular weight excluding hydrogens is 627 g/mol. The lowest BCUT2D eigenvalue weighted by Crippen LogP contribution is -2.51. The molecule has 7 nitrogen and oxygen atoms in total. The molecule has 1 heterocycles. The van der Waals surface area contributed by atoms with Gasteiger partial charge >= 0.3 is 6.09 Å². The van der Waals surface area contributed by atoms with Crippen molar-refractivity contribution in [3.63, 3.8) is 0 Å². The summed E-state index contributed by atoms with van der Waals surface area (Å²) in [6, 6.07) is 22.5. The summed E-state index contributed by atoms with van der Waals surface area (Å²) >= 11 is 0. The number of aromatic nitrogens is 2. The Morgan fingerprint density at radius 2 is 1.56 bits per heavy atom. The van der Waals surface area contributed by atoms with Crippen molar-refractivity contribution >= 4 is 14.4 Å². The molecule has 0 radical (unpaired) electrons.